The van der Waals surface area contributed by atoms with Crippen molar-refractivity contribution in [1.82, 2.24) is 4.90 Å². The van der Waals surface area contributed by atoms with E-state index in [0.717, 1.165) is 71.4 Å². The van der Waals surface area contributed by atoms with Gasteiger partial charge in [0.2, 0.25) is 0 Å². The summed E-state index contributed by atoms with van der Waals surface area (Å²) < 4.78 is 11.7. The lowest BCUT2D eigenvalue weighted by molar-refractivity contribution is -0.150. The number of carbonyl (C=O) groups excluding carboxylic acids is 1. The predicted octanol–water partition coefficient (Wildman–Crippen LogP) is 9.63. The standard InChI is InChI=1S/C35H71NO4/c1-4-7-10-12-14-18-25-34(26-19-15-13-11-8-5-2)40-35(38)27-20-22-29-36(30-31-37)28-21-16-17-24-33-39-32-23-9-6-3/h34,37H,4-33H2,1-3H3. The molecule has 0 aromatic heterocycles. The number of rotatable bonds is 33. The molecule has 240 valence electrons. The molecule has 1 N–H and O–H groups in total. The lowest BCUT2D eigenvalue weighted by Gasteiger charge is -2.21. The zero-order valence-electron chi connectivity index (χ0n) is 27.4. The molecule has 0 amide bonds. The molecule has 5 heteroatoms. The van der Waals surface area contributed by atoms with E-state index in [-0.39, 0.29) is 18.7 Å². The van der Waals surface area contributed by atoms with Gasteiger partial charge in [0.1, 0.15) is 6.10 Å². The normalized spacial score (nSPS) is 11.7. The molecule has 0 unspecified atom stereocenters. The third kappa shape index (κ3) is 28.9. The first-order chi connectivity index (χ1) is 19.7. The number of unbranched alkanes of at least 4 members (excludes halogenated alkanes) is 16. The Morgan fingerprint density at radius 2 is 1.02 bits per heavy atom. The zero-order chi connectivity index (χ0) is 29.4. The maximum Gasteiger partial charge on any atom is 0.306 e. The number of carbonyl (C=O) groups is 1. The van der Waals surface area contributed by atoms with Crippen molar-refractivity contribution in [3.05, 3.63) is 0 Å². The second kappa shape index (κ2) is 32.9. The van der Waals surface area contributed by atoms with E-state index >= 15 is 0 Å². The van der Waals surface area contributed by atoms with E-state index in [1.807, 2.05) is 0 Å². The minimum absolute atomic E-state index is 0.00686. The van der Waals surface area contributed by atoms with Gasteiger partial charge >= 0.3 is 5.97 Å². The molecular weight excluding hydrogens is 498 g/mol. The minimum Gasteiger partial charge on any atom is -0.462 e. The maximum absolute atomic E-state index is 12.7. The summed E-state index contributed by atoms with van der Waals surface area (Å²) in [5.74, 6) is -0.00686. The fourth-order valence-corrected chi connectivity index (χ4v) is 5.34. The highest BCUT2D eigenvalue weighted by Gasteiger charge is 2.14. The van der Waals surface area contributed by atoms with Gasteiger partial charge in [-0.05, 0) is 70.9 Å². The van der Waals surface area contributed by atoms with Crippen molar-refractivity contribution >= 4 is 5.97 Å². The number of ether oxygens (including phenoxy) is 2. The molecule has 0 heterocycles. The van der Waals surface area contributed by atoms with E-state index in [0.29, 0.717) is 6.42 Å². The van der Waals surface area contributed by atoms with Gasteiger partial charge in [0.25, 0.3) is 0 Å². The maximum atomic E-state index is 12.7. The van der Waals surface area contributed by atoms with Crippen LogP contribution in [0, 0.1) is 0 Å². The van der Waals surface area contributed by atoms with Crippen molar-refractivity contribution in [2.45, 2.75) is 181 Å². The van der Waals surface area contributed by atoms with Crippen LogP contribution in [0.3, 0.4) is 0 Å². The van der Waals surface area contributed by atoms with E-state index < -0.39 is 0 Å². The Morgan fingerprint density at radius 1 is 0.575 bits per heavy atom. The molecule has 0 bridgehead atoms. The predicted molar refractivity (Wildman–Crippen MR) is 172 cm³/mol. The third-order valence-electron chi connectivity index (χ3n) is 7.98. The first kappa shape index (κ1) is 39.4. The fraction of sp³-hybridized carbons (Fsp3) is 0.971. The summed E-state index contributed by atoms with van der Waals surface area (Å²) in [5.41, 5.74) is 0. The molecule has 40 heavy (non-hydrogen) atoms. The second-order valence-electron chi connectivity index (χ2n) is 12.0. The van der Waals surface area contributed by atoms with Crippen LogP contribution in [0.4, 0.5) is 0 Å². The van der Waals surface area contributed by atoms with Gasteiger partial charge in [-0.25, -0.2) is 0 Å². The van der Waals surface area contributed by atoms with Crippen LogP contribution in [-0.2, 0) is 14.3 Å². The van der Waals surface area contributed by atoms with E-state index in [1.165, 1.54) is 109 Å². The highest BCUT2D eigenvalue weighted by molar-refractivity contribution is 5.69. The number of aliphatic hydroxyl groups is 1. The second-order valence-corrected chi connectivity index (χ2v) is 12.0. The molecular formula is C35H71NO4. The first-order valence-corrected chi connectivity index (χ1v) is 17.8. The highest BCUT2D eigenvalue weighted by Crippen LogP contribution is 2.18. The van der Waals surface area contributed by atoms with Crippen LogP contribution in [0.1, 0.15) is 175 Å². The van der Waals surface area contributed by atoms with E-state index in [4.69, 9.17) is 9.47 Å². The Hall–Kier alpha value is -0.650. The summed E-state index contributed by atoms with van der Waals surface area (Å²) in [6.07, 6.45) is 28.4. The van der Waals surface area contributed by atoms with Crippen molar-refractivity contribution < 1.29 is 19.4 Å². The van der Waals surface area contributed by atoms with E-state index in [1.54, 1.807) is 0 Å². The first-order valence-electron chi connectivity index (χ1n) is 17.8. The Morgan fingerprint density at radius 3 is 1.60 bits per heavy atom. The molecule has 0 spiro atoms. The van der Waals surface area contributed by atoms with Crippen LogP contribution in [0.5, 0.6) is 0 Å². The quantitative estimate of drug-likeness (QED) is 0.0630. The van der Waals surface area contributed by atoms with Crippen LogP contribution < -0.4 is 0 Å². The summed E-state index contributed by atoms with van der Waals surface area (Å²) in [6, 6.07) is 0. The van der Waals surface area contributed by atoms with Crippen molar-refractivity contribution in [1.29, 1.82) is 0 Å². The van der Waals surface area contributed by atoms with Gasteiger partial charge in [-0.15, -0.1) is 0 Å². The number of hydrogen-bond donors (Lipinski definition) is 1. The van der Waals surface area contributed by atoms with E-state index in [2.05, 4.69) is 25.7 Å². The third-order valence-corrected chi connectivity index (χ3v) is 7.98. The molecule has 0 saturated carbocycles. The lowest BCUT2D eigenvalue weighted by Crippen LogP contribution is -2.29. The van der Waals surface area contributed by atoms with Crippen molar-refractivity contribution in [3.63, 3.8) is 0 Å². The Labute approximate surface area is 250 Å². The Kier molecular flexibility index (Phi) is 32.3. The fourth-order valence-electron chi connectivity index (χ4n) is 5.34. The van der Waals surface area contributed by atoms with Crippen molar-refractivity contribution in [2.24, 2.45) is 0 Å². The van der Waals surface area contributed by atoms with Gasteiger partial charge in [0, 0.05) is 26.2 Å². The van der Waals surface area contributed by atoms with Gasteiger partial charge in [0.15, 0.2) is 0 Å². The van der Waals surface area contributed by atoms with Gasteiger partial charge in [-0.2, -0.15) is 0 Å². The van der Waals surface area contributed by atoms with Gasteiger partial charge < -0.3 is 19.5 Å². The molecule has 0 aliphatic carbocycles. The summed E-state index contributed by atoms with van der Waals surface area (Å²) in [4.78, 5) is 15.0. The highest BCUT2D eigenvalue weighted by atomic mass is 16.5. The number of nitrogens with zero attached hydrogens (tertiary/aromatic N) is 1. The van der Waals surface area contributed by atoms with E-state index in [9.17, 15) is 9.90 Å². The summed E-state index contributed by atoms with van der Waals surface area (Å²) in [5, 5.41) is 9.47. The number of hydrogen-bond acceptors (Lipinski definition) is 5. The summed E-state index contributed by atoms with van der Waals surface area (Å²) in [6.45, 7) is 11.4. The molecule has 0 aromatic rings. The van der Waals surface area contributed by atoms with Gasteiger partial charge in [-0.3, -0.25) is 4.79 Å². The van der Waals surface area contributed by atoms with Crippen LogP contribution in [0.25, 0.3) is 0 Å². The van der Waals surface area contributed by atoms with Crippen LogP contribution >= 0.6 is 0 Å². The lowest BCUT2D eigenvalue weighted by atomic mass is 10.0. The number of esters is 1. The Balaban J connectivity index is 4.12. The van der Waals surface area contributed by atoms with Crippen LogP contribution in [-0.4, -0.2) is 61.5 Å². The van der Waals surface area contributed by atoms with Crippen LogP contribution in [0.15, 0.2) is 0 Å². The topological polar surface area (TPSA) is 59.0 Å². The monoisotopic (exact) mass is 570 g/mol. The van der Waals surface area contributed by atoms with Crippen molar-refractivity contribution in [2.75, 3.05) is 39.5 Å². The summed E-state index contributed by atoms with van der Waals surface area (Å²) >= 11 is 0. The minimum atomic E-state index is -0.00686. The molecule has 5 nitrogen and oxygen atoms in total. The number of aliphatic hydroxyl groups excluding tert-OH is 1. The molecule has 0 radical (unpaired) electrons. The molecule has 0 rings (SSSR count). The molecule has 0 saturated heterocycles. The zero-order valence-corrected chi connectivity index (χ0v) is 27.4. The average molecular weight is 570 g/mol. The summed E-state index contributed by atoms with van der Waals surface area (Å²) in [7, 11) is 0. The largest absolute Gasteiger partial charge is 0.462 e. The molecule has 0 atom stereocenters. The van der Waals surface area contributed by atoms with Crippen LogP contribution in [0.2, 0.25) is 0 Å². The van der Waals surface area contributed by atoms with Crippen molar-refractivity contribution in [3.8, 4) is 0 Å². The molecule has 0 aliphatic heterocycles. The molecule has 0 aromatic carbocycles. The van der Waals surface area contributed by atoms with Gasteiger partial charge in [-0.1, -0.05) is 111 Å². The Bertz CT molecular complexity index is 486. The average Bonchev–Trinajstić information content (AvgIpc) is 2.95. The molecule has 0 fully saturated rings. The SMILES string of the molecule is CCCCCCCCC(CCCCCCCC)OC(=O)CCCCN(CCO)CCCCCCOCCCCC. The molecule has 0 aliphatic rings. The smallest absolute Gasteiger partial charge is 0.306 e. The van der Waals surface area contributed by atoms with Gasteiger partial charge in [0.05, 0.1) is 6.61 Å².